The van der Waals surface area contributed by atoms with Gasteiger partial charge in [0.1, 0.15) is 6.61 Å². The number of carbonyl (C=O) groups excluding carboxylic acids is 2. The molecule has 0 aliphatic carbocycles. The quantitative estimate of drug-likeness (QED) is 0.886. The standard InChI is InChI=1S/C14H17ClN2O3/c1-9-11(15)3-2-4-12(9)16-14(20)10-5-6-17(7-10)13(19)8-18/h2-4,10,18H,5-8H2,1H3,(H,16,20)/t10-/m1/s1. The summed E-state index contributed by atoms with van der Waals surface area (Å²) < 4.78 is 0. The molecule has 0 bridgehead atoms. The number of benzene rings is 1. The lowest BCUT2D eigenvalue weighted by molar-refractivity contribution is -0.133. The van der Waals surface area contributed by atoms with Gasteiger partial charge < -0.3 is 15.3 Å². The average Bonchev–Trinajstić information content (AvgIpc) is 2.93. The summed E-state index contributed by atoms with van der Waals surface area (Å²) >= 11 is 6.01. The zero-order valence-corrected chi connectivity index (χ0v) is 12.0. The molecule has 0 aromatic heterocycles. The largest absolute Gasteiger partial charge is 0.387 e. The van der Waals surface area contributed by atoms with Crippen LogP contribution in [0.2, 0.25) is 5.02 Å². The normalized spacial score (nSPS) is 18.1. The Balaban J connectivity index is 2.00. The molecule has 1 aliphatic heterocycles. The predicted octanol–water partition coefficient (Wildman–Crippen LogP) is 1.43. The highest BCUT2D eigenvalue weighted by molar-refractivity contribution is 6.31. The Morgan fingerprint density at radius 2 is 2.25 bits per heavy atom. The second-order valence-electron chi connectivity index (χ2n) is 4.89. The Morgan fingerprint density at radius 3 is 2.95 bits per heavy atom. The molecular formula is C14H17ClN2O3. The summed E-state index contributed by atoms with van der Waals surface area (Å²) in [5.41, 5.74) is 1.51. The molecule has 1 aromatic rings. The van der Waals surface area contributed by atoms with Crippen molar-refractivity contribution in [2.24, 2.45) is 5.92 Å². The molecule has 20 heavy (non-hydrogen) atoms. The maximum absolute atomic E-state index is 12.2. The number of hydrogen-bond donors (Lipinski definition) is 2. The lowest BCUT2D eigenvalue weighted by Gasteiger charge is -2.15. The van der Waals surface area contributed by atoms with Crippen LogP contribution in [0.4, 0.5) is 5.69 Å². The monoisotopic (exact) mass is 296 g/mol. The van der Waals surface area contributed by atoms with Crippen molar-refractivity contribution < 1.29 is 14.7 Å². The first-order chi connectivity index (χ1) is 9.52. The number of likely N-dealkylation sites (tertiary alicyclic amines) is 1. The lowest BCUT2D eigenvalue weighted by atomic mass is 10.1. The second-order valence-corrected chi connectivity index (χ2v) is 5.29. The van der Waals surface area contributed by atoms with Crippen LogP contribution in [-0.4, -0.2) is 41.5 Å². The van der Waals surface area contributed by atoms with Crippen molar-refractivity contribution in [2.45, 2.75) is 13.3 Å². The van der Waals surface area contributed by atoms with Crippen molar-refractivity contribution >= 4 is 29.1 Å². The van der Waals surface area contributed by atoms with Gasteiger partial charge in [0.2, 0.25) is 11.8 Å². The van der Waals surface area contributed by atoms with E-state index in [0.29, 0.717) is 30.2 Å². The first-order valence-corrected chi connectivity index (χ1v) is 6.85. The third kappa shape index (κ3) is 3.11. The van der Waals surface area contributed by atoms with Gasteiger partial charge in [-0.05, 0) is 31.0 Å². The van der Waals surface area contributed by atoms with Crippen LogP contribution in [0.25, 0.3) is 0 Å². The highest BCUT2D eigenvalue weighted by atomic mass is 35.5. The molecule has 6 heteroatoms. The Hall–Kier alpha value is -1.59. The van der Waals surface area contributed by atoms with Crippen LogP contribution < -0.4 is 5.32 Å². The van der Waals surface area contributed by atoms with Crippen LogP contribution in [-0.2, 0) is 9.59 Å². The number of nitrogens with zero attached hydrogens (tertiary/aromatic N) is 1. The molecule has 1 saturated heterocycles. The molecule has 1 heterocycles. The molecule has 0 radical (unpaired) electrons. The molecule has 1 fully saturated rings. The number of halogens is 1. The Labute approximate surface area is 122 Å². The summed E-state index contributed by atoms with van der Waals surface area (Å²) in [6, 6.07) is 5.34. The molecule has 5 nitrogen and oxygen atoms in total. The highest BCUT2D eigenvalue weighted by Gasteiger charge is 2.30. The zero-order valence-electron chi connectivity index (χ0n) is 11.2. The minimum Gasteiger partial charge on any atom is -0.387 e. The first kappa shape index (κ1) is 14.8. The number of anilines is 1. The summed E-state index contributed by atoms with van der Waals surface area (Å²) in [5.74, 6) is -0.702. The molecular weight excluding hydrogens is 280 g/mol. The number of amides is 2. The van der Waals surface area contributed by atoms with E-state index < -0.39 is 6.61 Å². The number of nitrogens with one attached hydrogen (secondary N) is 1. The van der Waals surface area contributed by atoms with E-state index in [-0.39, 0.29) is 17.7 Å². The second kappa shape index (κ2) is 6.24. The van der Waals surface area contributed by atoms with Gasteiger partial charge in [-0.2, -0.15) is 0 Å². The maximum atomic E-state index is 12.2. The van der Waals surface area contributed by atoms with Crippen molar-refractivity contribution in [3.8, 4) is 0 Å². The van der Waals surface area contributed by atoms with Gasteiger partial charge in [-0.3, -0.25) is 9.59 Å². The molecule has 1 atom stereocenters. The van der Waals surface area contributed by atoms with E-state index >= 15 is 0 Å². The van der Waals surface area contributed by atoms with Crippen molar-refractivity contribution in [2.75, 3.05) is 25.0 Å². The van der Waals surface area contributed by atoms with Gasteiger partial charge in [-0.1, -0.05) is 17.7 Å². The highest BCUT2D eigenvalue weighted by Crippen LogP contribution is 2.25. The number of aliphatic hydroxyl groups excluding tert-OH is 1. The fraction of sp³-hybridized carbons (Fsp3) is 0.429. The third-order valence-corrected chi connectivity index (χ3v) is 3.98. The van der Waals surface area contributed by atoms with Crippen molar-refractivity contribution in [1.29, 1.82) is 0 Å². The Morgan fingerprint density at radius 1 is 1.50 bits per heavy atom. The fourth-order valence-corrected chi connectivity index (χ4v) is 2.45. The molecule has 0 unspecified atom stereocenters. The zero-order chi connectivity index (χ0) is 14.7. The molecule has 2 N–H and O–H groups in total. The average molecular weight is 297 g/mol. The van der Waals surface area contributed by atoms with Crippen LogP contribution in [0.15, 0.2) is 18.2 Å². The lowest BCUT2D eigenvalue weighted by Crippen LogP contribution is -2.33. The topological polar surface area (TPSA) is 69.6 Å². The van der Waals surface area contributed by atoms with E-state index in [1.165, 1.54) is 4.90 Å². The number of hydrogen-bond acceptors (Lipinski definition) is 3. The van der Waals surface area contributed by atoms with Crippen LogP contribution in [0.3, 0.4) is 0 Å². The van der Waals surface area contributed by atoms with E-state index in [2.05, 4.69) is 5.32 Å². The summed E-state index contributed by atoms with van der Waals surface area (Å²) in [5, 5.41) is 12.3. The van der Waals surface area contributed by atoms with Gasteiger partial charge >= 0.3 is 0 Å². The summed E-state index contributed by atoms with van der Waals surface area (Å²) in [7, 11) is 0. The van der Waals surface area contributed by atoms with E-state index in [1.807, 2.05) is 6.92 Å². The molecule has 2 rings (SSSR count). The minimum absolute atomic E-state index is 0.122. The van der Waals surface area contributed by atoms with Gasteiger partial charge in [0.25, 0.3) is 0 Å². The van der Waals surface area contributed by atoms with Gasteiger partial charge in [-0.15, -0.1) is 0 Å². The van der Waals surface area contributed by atoms with Crippen molar-refractivity contribution in [1.82, 2.24) is 4.90 Å². The molecule has 2 amide bonds. The van der Waals surface area contributed by atoms with E-state index in [4.69, 9.17) is 16.7 Å². The number of carbonyl (C=O) groups is 2. The fourth-order valence-electron chi connectivity index (χ4n) is 2.28. The smallest absolute Gasteiger partial charge is 0.248 e. The van der Waals surface area contributed by atoms with E-state index in [0.717, 1.165) is 5.56 Å². The SMILES string of the molecule is Cc1c(Cl)cccc1NC(=O)[C@@H]1CCN(C(=O)CO)C1. The van der Waals surface area contributed by atoms with Crippen LogP contribution in [0.1, 0.15) is 12.0 Å². The van der Waals surface area contributed by atoms with Crippen LogP contribution >= 0.6 is 11.6 Å². The van der Waals surface area contributed by atoms with Gasteiger partial charge in [0.15, 0.2) is 0 Å². The molecule has 1 aliphatic rings. The number of rotatable bonds is 3. The van der Waals surface area contributed by atoms with Gasteiger partial charge in [-0.25, -0.2) is 0 Å². The third-order valence-electron chi connectivity index (χ3n) is 3.57. The predicted molar refractivity (Wildman–Crippen MR) is 76.6 cm³/mol. The van der Waals surface area contributed by atoms with Crippen molar-refractivity contribution in [3.05, 3.63) is 28.8 Å². The molecule has 0 spiro atoms. The maximum Gasteiger partial charge on any atom is 0.248 e. The summed E-state index contributed by atoms with van der Waals surface area (Å²) in [4.78, 5) is 25.1. The summed E-state index contributed by atoms with van der Waals surface area (Å²) in [6.07, 6.45) is 0.608. The first-order valence-electron chi connectivity index (χ1n) is 6.47. The molecule has 1 aromatic carbocycles. The van der Waals surface area contributed by atoms with E-state index in [1.54, 1.807) is 18.2 Å². The minimum atomic E-state index is -0.512. The molecule has 0 saturated carbocycles. The Kier molecular flexibility index (Phi) is 4.62. The van der Waals surface area contributed by atoms with Crippen LogP contribution in [0.5, 0.6) is 0 Å². The van der Waals surface area contributed by atoms with E-state index in [9.17, 15) is 9.59 Å². The molecule has 108 valence electrons. The Bertz CT molecular complexity index is 533. The number of aliphatic hydroxyl groups is 1. The summed E-state index contributed by atoms with van der Waals surface area (Å²) in [6.45, 7) is 2.19. The van der Waals surface area contributed by atoms with Crippen molar-refractivity contribution in [3.63, 3.8) is 0 Å². The van der Waals surface area contributed by atoms with Crippen LogP contribution in [0, 0.1) is 12.8 Å². The van der Waals surface area contributed by atoms with Gasteiger partial charge in [0, 0.05) is 23.8 Å². The van der Waals surface area contributed by atoms with Gasteiger partial charge in [0.05, 0.1) is 5.92 Å².